The average Bonchev–Trinajstić information content (AvgIpc) is 3.70. The Bertz CT molecular complexity index is 2840. The van der Waals surface area contributed by atoms with Crippen molar-refractivity contribution in [1.82, 2.24) is 4.57 Å². The van der Waals surface area contributed by atoms with Crippen LogP contribution in [-0.4, -0.2) is 4.57 Å². The summed E-state index contributed by atoms with van der Waals surface area (Å²) >= 11 is 1.86. The van der Waals surface area contributed by atoms with Crippen molar-refractivity contribution in [3.63, 3.8) is 0 Å². The number of benzene rings is 8. The number of nitrogens with zero attached hydrogens (tertiary/aromatic N) is 2. The lowest BCUT2D eigenvalue weighted by Crippen LogP contribution is -2.11. The summed E-state index contributed by atoms with van der Waals surface area (Å²) < 4.78 is 4.98. The second kappa shape index (κ2) is 11.2. The van der Waals surface area contributed by atoms with Gasteiger partial charge in [0.2, 0.25) is 0 Å². The minimum absolute atomic E-state index is 1.12. The van der Waals surface area contributed by atoms with E-state index in [0.29, 0.717) is 0 Å². The number of fused-ring (bicyclic) bond motifs is 7. The van der Waals surface area contributed by atoms with Gasteiger partial charge in [0.25, 0.3) is 0 Å². The topological polar surface area (TPSA) is 8.17 Å². The molecule has 10 rings (SSSR count). The van der Waals surface area contributed by atoms with E-state index in [1.165, 1.54) is 63.9 Å². The highest BCUT2D eigenvalue weighted by Crippen LogP contribution is 2.46. The first-order valence-electron chi connectivity index (χ1n) is 16.7. The molecule has 2 nitrogen and oxygen atoms in total. The largest absolute Gasteiger partial charge is 0.310 e. The van der Waals surface area contributed by atoms with E-state index >= 15 is 0 Å². The van der Waals surface area contributed by atoms with E-state index in [-0.39, 0.29) is 0 Å². The molecule has 0 aliphatic carbocycles. The Hall–Kier alpha value is -6.16. The molecule has 2 aromatic heterocycles. The van der Waals surface area contributed by atoms with Crippen LogP contribution in [0.15, 0.2) is 182 Å². The van der Waals surface area contributed by atoms with E-state index in [4.69, 9.17) is 0 Å². The molecular weight excluding hydrogens is 613 g/mol. The SMILES string of the molecule is c1ccc(-n2c3ccccc3c3cc(N(c4ccc5c(c4)sc4ccccc45)c4ccccc4-c4cccc5ccccc45)ccc32)cc1. The smallest absolute Gasteiger partial charge is 0.0542 e. The van der Waals surface area contributed by atoms with Gasteiger partial charge in [-0.3, -0.25) is 0 Å². The fraction of sp³-hybridized carbons (Fsp3) is 0. The lowest BCUT2D eigenvalue weighted by Gasteiger charge is -2.28. The zero-order valence-electron chi connectivity index (χ0n) is 26.6. The van der Waals surface area contributed by atoms with E-state index in [0.717, 1.165) is 22.7 Å². The summed E-state index contributed by atoms with van der Waals surface area (Å²) in [5, 5.41) is 7.57. The molecule has 0 fully saturated rings. The first-order chi connectivity index (χ1) is 24.3. The van der Waals surface area contributed by atoms with Crippen LogP contribution in [-0.2, 0) is 0 Å². The van der Waals surface area contributed by atoms with Gasteiger partial charge in [-0.2, -0.15) is 0 Å². The number of hydrogen-bond donors (Lipinski definition) is 0. The molecule has 10 aromatic rings. The van der Waals surface area contributed by atoms with E-state index in [1.807, 2.05) is 11.3 Å². The molecule has 3 heteroatoms. The summed E-state index contributed by atoms with van der Waals surface area (Å²) in [7, 11) is 0. The van der Waals surface area contributed by atoms with Crippen LogP contribution in [0.3, 0.4) is 0 Å². The van der Waals surface area contributed by atoms with Crippen LogP contribution in [0, 0.1) is 0 Å². The molecule has 230 valence electrons. The number of thiophene rings is 1. The van der Waals surface area contributed by atoms with Gasteiger partial charge in [-0.05, 0) is 77.0 Å². The maximum absolute atomic E-state index is 2.45. The van der Waals surface area contributed by atoms with Crippen LogP contribution in [0.4, 0.5) is 17.1 Å². The molecular formula is C46H30N2S. The lowest BCUT2D eigenvalue weighted by molar-refractivity contribution is 1.18. The highest BCUT2D eigenvalue weighted by Gasteiger charge is 2.21. The van der Waals surface area contributed by atoms with Crippen molar-refractivity contribution in [1.29, 1.82) is 0 Å². The van der Waals surface area contributed by atoms with Crippen molar-refractivity contribution in [3.05, 3.63) is 182 Å². The van der Waals surface area contributed by atoms with E-state index in [2.05, 4.69) is 191 Å². The van der Waals surface area contributed by atoms with Crippen LogP contribution >= 0.6 is 11.3 Å². The molecule has 8 aromatic carbocycles. The Kier molecular flexibility index (Phi) is 6.39. The predicted octanol–water partition coefficient (Wildman–Crippen LogP) is 13.4. The summed E-state index contributed by atoms with van der Waals surface area (Å²) in [6.07, 6.45) is 0. The normalized spacial score (nSPS) is 11.7. The Morgan fingerprint density at radius 1 is 0.388 bits per heavy atom. The average molecular weight is 643 g/mol. The van der Waals surface area contributed by atoms with Crippen molar-refractivity contribution in [2.75, 3.05) is 4.90 Å². The molecule has 0 spiro atoms. The van der Waals surface area contributed by atoms with Crippen LogP contribution < -0.4 is 4.90 Å². The second-order valence-corrected chi connectivity index (χ2v) is 13.6. The molecule has 0 atom stereocenters. The van der Waals surface area contributed by atoms with Crippen molar-refractivity contribution >= 4 is 81.1 Å². The number of hydrogen-bond acceptors (Lipinski definition) is 2. The molecule has 0 bridgehead atoms. The summed E-state index contributed by atoms with van der Waals surface area (Å²) in [6, 6.07) is 66.3. The summed E-state index contributed by atoms with van der Waals surface area (Å²) in [5.74, 6) is 0. The number of rotatable bonds is 5. The van der Waals surface area contributed by atoms with Crippen molar-refractivity contribution in [2.45, 2.75) is 0 Å². The van der Waals surface area contributed by atoms with Crippen molar-refractivity contribution in [3.8, 4) is 16.8 Å². The van der Waals surface area contributed by atoms with E-state index in [1.54, 1.807) is 0 Å². The minimum atomic E-state index is 1.12. The van der Waals surface area contributed by atoms with Gasteiger partial charge in [0.05, 0.1) is 16.7 Å². The molecule has 49 heavy (non-hydrogen) atoms. The fourth-order valence-corrected chi connectivity index (χ4v) is 8.73. The molecule has 0 saturated heterocycles. The Morgan fingerprint density at radius 2 is 1.02 bits per heavy atom. The Balaban J connectivity index is 1.25. The molecule has 0 N–H and O–H groups in total. The fourth-order valence-electron chi connectivity index (χ4n) is 7.59. The zero-order valence-corrected chi connectivity index (χ0v) is 27.4. The highest BCUT2D eigenvalue weighted by molar-refractivity contribution is 7.25. The summed E-state index contributed by atoms with van der Waals surface area (Å²) in [6.45, 7) is 0. The van der Waals surface area contributed by atoms with Gasteiger partial charge in [0.1, 0.15) is 0 Å². The van der Waals surface area contributed by atoms with E-state index in [9.17, 15) is 0 Å². The monoisotopic (exact) mass is 642 g/mol. The summed E-state index contributed by atoms with van der Waals surface area (Å²) in [5.41, 5.74) is 9.38. The third-order valence-electron chi connectivity index (χ3n) is 9.77. The van der Waals surface area contributed by atoms with Crippen LogP contribution in [0.2, 0.25) is 0 Å². The second-order valence-electron chi connectivity index (χ2n) is 12.5. The lowest BCUT2D eigenvalue weighted by atomic mass is 9.96. The molecule has 0 unspecified atom stereocenters. The van der Waals surface area contributed by atoms with Crippen LogP contribution in [0.5, 0.6) is 0 Å². The molecule has 0 aliphatic rings. The molecule has 2 heterocycles. The maximum Gasteiger partial charge on any atom is 0.0542 e. The predicted molar refractivity (Wildman–Crippen MR) is 211 cm³/mol. The number of anilines is 3. The zero-order chi connectivity index (χ0) is 32.3. The summed E-state index contributed by atoms with van der Waals surface area (Å²) in [4.78, 5) is 2.45. The molecule has 0 aliphatic heterocycles. The van der Waals surface area contributed by atoms with Gasteiger partial charge in [0.15, 0.2) is 0 Å². The third-order valence-corrected chi connectivity index (χ3v) is 10.9. The minimum Gasteiger partial charge on any atom is -0.310 e. The third kappa shape index (κ3) is 4.47. The number of aromatic nitrogens is 1. The Morgan fingerprint density at radius 3 is 1.94 bits per heavy atom. The maximum atomic E-state index is 2.45. The molecule has 0 saturated carbocycles. The van der Waals surface area contributed by atoms with Crippen molar-refractivity contribution in [2.24, 2.45) is 0 Å². The van der Waals surface area contributed by atoms with Crippen LogP contribution in [0.25, 0.3) is 69.6 Å². The highest BCUT2D eigenvalue weighted by atomic mass is 32.1. The van der Waals surface area contributed by atoms with Crippen molar-refractivity contribution < 1.29 is 0 Å². The number of para-hydroxylation sites is 3. The van der Waals surface area contributed by atoms with Gasteiger partial charge in [-0.15, -0.1) is 11.3 Å². The first-order valence-corrected chi connectivity index (χ1v) is 17.5. The van der Waals surface area contributed by atoms with Gasteiger partial charge in [-0.25, -0.2) is 0 Å². The van der Waals surface area contributed by atoms with Gasteiger partial charge >= 0.3 is 0 Å². The quantitative estimate of drug-likeness (QED) is 0.181. The van der Waals surface area contributed by atoms with E-state index < -0.39 is 0 Å². The molecule has 0 amide bonds. The molecule has 0 radical (unpaired) electrons. The first kappa shape index (κ1) is 27.9. The standard InChI is InChI=1S/C46H30N2S/c1-2-15-32(16-3-1)48-43-23-10-7-19-38(43)41-29-33(26-28-44(41)48)47(34-25-27-40-39-20-8-11-24-45(39)49-46(40)30-34)42-22-9-6-18-37(42)36-21-12-14-31-13-4-5-17-35(31)36/h1-30H. The van der Waals surface area contributed by atoms with Gasteiger partial charge in [-0.1, -0.05) is 121 Å². The van der Waals surface area contributed by atoms with Crippen LogP contribution in [0.1, 0.15) is 0 Å². The van der Waals surface area contributed by atoms with Gasteiger partial charge < -0.3 is 9.47 Å². The van der Waals surface area contributed by atoms with Gasteiger partial charge in [0, 0.05) is 53.6 Å². The Labute approximate surface area is 288 Å².